The van der Waals surface area contributed by atoms with Crippen molar-refractivity contribution in [2.45, 2.75) is 45.1 Å². The monoisotopic (exact) mass is 314 g/mol. The summed E-state index contributed by atoms with van der Waals surface area (Å²) >= 11 is 0. The van der Waals surface area contributed by atoms with Crippen LogP contribution in [0.1, 0.15) is 33.4 Å². The molecule has 0 atom stereocenters. The molecule has 9 heteroatoms. The number of pyridine rings is 1. The fraction of sp³-hybridized carbons (Fsp3) is 0.538. The maximum Gasteiger partial charge on any atom is 0.495 e. The average molecular weight is 314 g/mol. The van der Waals surface area contributed by atoms with Gasteiger partial charge in [0.05, 0.1) is 17.8 Å². The summed E-state index contributed by atoms with van der Waals surface area (Å²) in [6.45, 7) is 13.7. The second kappa shape index (κ2) is 4.86. The van der Waals surface area contributed by atoms with Crippen molar-refractivity contribution in [1.82, 2.24) is 4.98 Å². The molecule has 5 nitrogen and oxygen atoms in total. The number of hydrogen-bond acceptors (Lipinski definition) is 3. The van der Waals surface area contributed by atoms with Crippen LogP contribution < -0.4 is 11.0 Å². The predicted octanol–water partition coefficient (Wildman–Crippen LogP) is 2.24. The van der Waals surface area contributed by atoms with Crippen LogP contribution in [0.25, 0.3) is 4.85 Å². The van der Waals surface area contributed by atoms with Crippen LogP contribution in [-0.2, 0) is 15.5 Å². The minimum Gasteiger partial charge on any atom is -0.399 e. The first-order valence-electron chi connectivity index (χ1n) is 6.46. The summed E-state index contributed by atoms with van der Waals surface area (Å²) in [6, 6.07) is 0.872. The number of hydrogen-bond donors (Lipinski definition) is 1. The number of aromatic nitrogens is 1. The highest BCUT2D eigenvalue weighted by molar-refractivity contribution is 6.62. The molecule has 0 aliphatic carbocycles. The minimum absolute atomic E-state index is 0.406. The van der Waals surface area contributed by atoms with Crippen molar-refractivity contribution in [2.75, 3.05) is 0 Å². The van der Waals surface area contributed by atoms with E-state index in [0.717, 1.165) is 6.07 Å². The third-order valence-electron chi connectivity index (χ3n) is 3.96. The number of H-pyrrole nitrogens is 1. The Hall–Kier alpha value is -1.79. The van der Waals surface area contributed by atoms with Gasteiger partial charge in [-0.05, 0) is 33.8 Å². The van der Waals surface area contributed by atoms with E-state index < -0.39 is 46.9 Å². The smallest absolute Gasteiger partial charge is 0.399 e. The highest BCUT2D eigenvalue weighted by atomic mass is 19.4. The summed E-state index contributed by atoms with van der Waals surface area (Å²) in [4.78, 5) is 16.1. The molecule has 0 bridgehead atoms. The highest BCUT2D eigenvalue weighted by Crippen LogP contribution is 2.37. The van der Waals surface area contributed by atoms with Crippen molar-refractivity contribution in [3.63, 3.8) is 0 Å². The van der Waals surface area contributed by atoms with Gasteiger partial charge < -0.3 is 14.3 Å². The van der Waals surface area contributed by atoms with Crippen LogP contribution in [0.5, 0.6) is 0 Å². The summed E-state index contributed by atoms with van der Waals surface area (Å²) in [5.41, 5.74) is -4.88. The Morgan fingerprint density at radius 2 is 1.73 bits per heavy atom. The van der Waals surface area contributed by atoms with E-state index in [9.17, 15) is 18.0 Å². The molecule has 22 heavy (non-hydrogen) atoms. The minimum atomic E-state index is -4.79. The van der Waals surface area contributed by atoms with Crippen molar-refractivity contribution in [3.05, 3.63) is 33.5 Å². The molecular formula is C13H14BF3N2O3. The highest BCUT2D eigenvalue weighted by Gasteiger charge is 2.54. The molecule has 1 saturated heterocycles. The Kier molecular flexibility index (Phi) is 3.66. The largest absolute Gasteiger partial charge is 0.495 e. The summed E-state index contributed by atoms with van der Waals surface area (Å²) in [6.07, 6.45) is -4.79. The van der Waals surface area contributed by atoms with E-state index in [2.05, 4.69) is 4.85 Å². The standard InChI is InChI=1S/C13H14BF3N2O3/c1-11(2)12(3,4)22-14(21-11)7-6-8(18-5)10(20)19-9(7)13(15,16)17/h6H,1-4H3,(H,19,20). The van der Waals surface area contributed by atoms with E-state index in [1.54, 1.807) is 32.7 Å². The van der Waals surface area contributed by atoms with E-state index in [1.165, 1.54) is 0 Å². The molecule has 1 fully saturated rings. The van der Waals surface area contributed by atoms with Gasteiger partial charge in [0.15, 0.2) is 0 Å². The third-order valence-corrected chi connectivity index (χ3v) is 3.96. The van der Waals surface area contributed by atoms with Crippen LogP contribution >= 0.6 is 0 Å². The zero-order chi connectivity index (χ0) is 16.9. The van der Waals surface area contributed by atoms with E-state index in [1.807, 2.05) is 0 Å². The zero-order valence-electron chi connectivity index (χ0n) is 12.5. The predicted molar refractivity (Wildman–Crippen MR) is 74.0 cm³/mol. The molecule has 1 aliphatic heterocycles. The summed E-state index contributed by atoms with van der Waals surface area (Å²) in [7, 11) is -1.32. The number of nitrogens with one attached hydrogen (secondary N) is 1. The molecule has 0 spiro atoms. The van der Waals surface area contributed by atoms with Crippen LogP contribution in [0.15, 0.2) is 10.9 Å². The molecule has 1 N–H and O–H groups in total. The second-order valence-corrected chi connectivity index (χ2v) is 6.01. The first kappa shape index (κ1) is 16.6. The fourth-order valence-corrected chi connectivity index (χ4v) is 2.01. The topological polar surface area (TPSA) is 55.7 Å². The Morgan fingerprint density at radius 1 is 1.23 bits per heavy atom. The number of alkyl halides is 3. The molecular weight excluding hydrogens is 300 g/mol. The molecule has 0 amide bonds. The van der Waals surface area contributed by atoms with Crippen LogP contribution in [0.4, 0.5) is 18.9 Å². The van der Waals surface area contributed by atoms with Crippen LogP contribution in [-0.4, -0.2) is 23.3 Å². The Labute approximate surface area is 125 Å². The first-order chi connectivity index (χ1) is 9.89. The van der Waals surface area contributed by atoms with Gasteiger partial charge in [0, 0.05) is 5.46 Å². The van der Waals surface area contributed by atoms with Gasteiger partial charge >= 0.3 is 13.3 Å². The lowest BCUT2D eigenvalue weighted by atomic mass is 9.77. The number of aromatic amines is 1. The van der Waals surface area contributed by atoms with Gasteiger partial charge in [-0.1, -0.05) is 0 Å². The quantitative estimate of drug-likeness (QED) is 0.639. The van der Waals surface area contributed by atoms with Gasteiger partial charge in [0.1, 0.15) is 5.69 Å². The molecule has 0 unspecified atom stereocenters. The second-order valence-electron chi connectivity index (χ2n) is 6.01. The number of rotatable bonds is 1. The van der Waals surface area contributed by atoms with Crippen molar-refractivity contribution >= 4 is 18.3 Å². The van der Waals surface area contributed by atoms with Crippen molar-refractivity contribution in [3.8, 4) is 0 Å². The molecule has 0 saturated carbocycles. The van der Waals surface area contributed by atoms with Gasteiger partial charge in [0.25, 0.3) is 5.56 Å². The molecule has 0 radical (unpaired) electrons. The van der Waals surface area contributed by atoms with Crippen molar-refractivity contribution < 1.29 is 22.5 Å². The van der Waals surface area contributed by atoms with Gasteiger partial charge in [-0.2, -0.15) is 13.2 Å². The average Bonchev–Trinajstić information content (AvgIpc) is 2.56. The van der Waals surface area contributed by atoms with Crippen molar-refractivity contribution in [2.24, 2.45) is 0 Å². The molecule has 0 aromatic carbocycles. The van der Waals surface area contributed by atoms with Crippen LogP contribution in [0.3, 0.4) is 0 Å². The third kappa shape index (κ3) is 2.64. The molecule has 118 valence electrons. The van der Waals surface area contributed by atoms with Crippen molar-refractivity contribution in [1.29, 1.82) is 0 Å². The Morgan fingerprint density at radius 3 is 2.14 bits per heavy atom. The number of halogens is 3. The molecule has 1 aromatic rings. The van der Waals surface area contributed by atoms with Gasteiger partial charge in [-0.3, -0.25) is 4.79 Å². The SMILES string of the molecule is [C-]#[N+]c1cc(B2OC(C)(C)C(C)(C)O2)c(C(F)(F)F)[nH]c1=O. The maximum atomic E-state index is 13.1. The van der Waals surface area contributed by atoms with E-state index in [-0.39, 0.29) is 0 Å². The lowest BCUT2D eigenvalue weighted by molar-refractivity contribution is -0.140. The normalized spacial score (nSPS) is 20.0. The van der Waals surface area contributed by atoms with E-state index >= 15 is 0 Å². The Balaban J connectivity index is 2.61. The van der Waals surface area contributed by atoms with E-state index in [0.29, 0.717) is 0 Å². The summed E-state index contributed by atoms with van der Waals surface area (Å²) < 4.78 is 50.6. The van der Waals surface area contributed by atoms with Gasteiger partial charge in [-0.15, -0.1) is 0 Å². The molecule has 1 aliphatic rings. The summed E-state index contributed by atoms with van der Waals surface area (Å²) in [5, 5.41) is 0. The van der Waals surface area contributed by atoms with Crippen LogP contribution in [0.2, 0.25) is 0 Å². The number of nitrogens with zero attached hydrogens (tertiary/aromatic N) is 1. The first-order valence-corrected chi connectivity index (χ1v) is 6.46. The lowest BCUT2D eigenvalue weighted by Gasteiger charge is -2.32. The van der Waals surface area contributed by atoms with Gasteiger partial charge in [-0.25, -0.2) is 4.85 Å². The lowest BCUT2D eigenvalue weighted by Crippen LogP contribution is -2.41. The Bertz CT molecular complexity index is 688. The zero-order valence-corrected chi connectivity index (χ0v) is 12.5. The fourth-order valence-electron chi connectivity index (χ4n) is 2.01. The van der Waals surface area contributed by atoms with Gasteiger partial charge in [0.2, 0.25) is 5.69 Å². The summed E-state index contributed by atoms with van der Waals surface area (Å²) in [5.74, 6) is 0. The molecule has 1 aromatic heterocycles. The maximum absolute atomic E-state index is 13.1. The molecule has 2 heterocycles. The van der Waals surface area contributed by atoms with E-state index in [4.69, 9.17) is 15.9 Å². The van der Waals surface area contributed by atoms with Crippen LogP contribution in [0, 0.1) is 6.57 Å². The molecule has 2 rings (SSSR count).